The average Bonchev–Trinajstić information content (AvgIpc) is 2.98. The number of esters is 1. The molecule has 0 aromatic heterocycles. The van der Waals surface area contributed by atoms with E-state index in [2.05, 4.69) is 60.7 Å². The lowest BCUT2D eigenvalue weighted by molar-refractivity contribution is -0.277. The first kappa shape index (κ1) is 29.7. The van der Waals surface area contributed by atoms with Crippen LogP contribution < -0.4 is 0 Å². The van der Waals surface area contributed by atoms with E-state index in [0.29, 0.717) is 35.9 Å². The summed E-state index contributed by atoms with van der Waals surface area (Å²) >= 11 is 2.05. The molecule has 0 saturated carbocycles. The number of aromatic hydroxyl groups is 1. The van der Waals surface area contributed by atoms with E-state index in [1.165, 1.54) is 11.1 Å². The Kier molecular flexibility index (Phi) is 9.12. The molecule has 0 bridgehead atoms. The molecule has 2 unspecified atom stereocenters. The van der Waals surface area contributed by atoms with Crippen LogP contribution >= 0.6 is 11.8 Å². The van der Waals surface area contributed by atoms with Crippen molar-refractivity contribution in [3.05, 3.63) is 101 Å². The number of hydrogen-bond acceptors (Lipinski definition) is 6. The van der Waals surface area contributed by atoms with Crippen molar-refractivity contribution >= 4 is 17.7 Å². The lowest BCUT2D eigenvalue weighted by atomic mass is 9.76. The van der Waals surface area contributed by atoms with Crippen LogP contribution in [0.3, 0.4) is 0 Å². The number of phenolic OH excluding ortho intramolecular Hbond substituents is 1. The zero-order valence-electron chi connectivity index (χ0n) is 24.6. The predicted octanol–water partition coefficient (Wildman–Crippen LogP) is 7.88. The average molecular weight is 575 g/mol. The maximum Gasteiger partial charge on any atom is 0.306 e. The number of benzene rings is 3. The summed E-state index contributed by atoms with van der Waals surface area (Å²) in [4.78, 5) is 12.6. The Hall–Kier alpha value is -2.80. The molecule has 2 aliphatic rings. The summed E-state index contributed by atoms with van der Waals surface area (Å²) in [5, 5.41) is 10.7. The first-order valence-corrected chi connectivity index (χ1v) is 15.5. The third kappa shape index (κ3) is 7.17. The van der Waals surface area contributed by atoms with Gasteiger partial charge in [-0.2, -0.15) is 0 Å². The molecule has 1 N–H and O–H groups in total. The van der Waals surface area contributed by atoms with Gasteiger partial charge in [0.15, 0.2) is 6.29 Å². The number of carbonyl (C=O) groups excluding carboxylic acids is 1. The van der Waals surface area contributed by atoms with Crippen LogP contribution in [0.25, 0.3) is 0 Å². The van der Waals surface area contributed by atoms with Gasteiger partial charge in [-0.05, 0) is 60.9 Å². The van der Waals surface area contributed by atoms with Crippen molar-refractivity contribution in [3.8, 4) is 5.75 Å². The second kappa shape index (κ2) is 12.6. The molecule has 6 heteroatoms. The van der Waals surface area contributed by atoms with Crippen molar-refractivity contribution in [1.82, 2.24) is 0 Å². The van der Waals surface area contributed by atoms with Gasteiger partial charge in [0.1, 0.15) is 12.4 Å². The van der Waals surface area contributed by atoms with Crippen LogP contribution in [0.15, 0.2) is 72.8 Å². The highest BCUT2D eigenvalue weighted by molar-refractivity contribution is 7.99. The van der Waals surface area contributed by atoms with Gasteiger partial charge < -0.3 is 19.3 Å². The van der Waals surface area contributed by atoms with Gasteiger partial charge >= 0.3 is 5.97 Å². The van der Waals surface area contributed by atoms with Crippen LogP contribution in [-0.4, -0.2) is 37.2 Å². The van der Waals surface area contributed by atoms with E-state index in [1.54, 1.807) is 0 Å². The summed E-state index contributed by atoms with van der Waals surface area (Å²) < 4.78 is 18.6. The molecule has 0 radical (unpaired) electrons. The van der Waals surface area contributed by atoms with Gasteiger partial charge in [0, 0.05) is 27.8 Å². The molecule has 3 aromatic rings. The molecular formula is C35H42O5S. The smallest absolute Gasteiger partial charge is 0.306 e. The molecule has 218 valence electrons. The Balaban J connectivity index is 1.18. The molecule has 0 aliphatic carbocycles. The standard InChI is InChI=1S/C35H42O5S/c1-24-17-26(18-25(2)32(24)37)15-16-31(36)38-21-34(3,4)33-39-22-35(23-40-33)19-29(27-11-7-5-8-12-27)41-30(20-35)28-13-9-6-10-14-28/h5-14,17-18,29-30,33,37H,15-16,19-23H2,1-4H3. The number of phenols is 1. The van der Waals surface area contributed by atoms with Crippen LogP contribution in [0.4, 0.5) is 0 Å². The van der Waals surface area contributed by atoms with E-state index < -0.39 is 11.7 Å². The highest BCUT2D eigenvalue weighted by Gasteiger charge is 2.48. The molecule has 2 saturated heterocycles. The number of carbonyl (C=O) groups is 1. The van der Waals surface area contributed by atoms with Gasteiger partial charge in [0.05, 0.1) is 13.2 Å². The van der Waals surface area contributed by atoms with E-state index in [1.807, 2.05) is 51.6 Å². The second-order valence-corrected chi connectivity index (χ2v) is 13.9. The van der Waals surface area contributed by atoms with Gasteiger partial charge in [0.25, 0.3) is 0 Å². The summed E-state index contributed by atoms with van der Waals surface area (Å²) in [7, 11) is 0. The fourth-order valence-electron chi connectivity index (χ4n) is 6.02. The van der Waals surface area contributed by atoms with Crippen molar-refractivity contribution in [1.29, 1.82) is 0 Å². The van der Waals surface area contributed by atoms with E-state index in [4.69, 9.17) is 14.2 Å². The molecule has 2 atom stereocenters. The Bertz CT molecular complexity index is 1240. The zero-order valence-corrected chi connectivity index (χ0v) is 25.4. The topological polar surface area (TPSA) is 65.0 Å². The Morgan fingerprint density at radius 2 is 1.44 bits per heavy atom. The summed E-state index contributed by atoms with van der Waals surface area (Å²) in [6.07, 6.45) is 2.42. The van der Waals surface area contributed by atoms with Gasteiger partial charge in [-0.15, -0.1) is 11.8 Å². The third-order valence-electron chi connectivity index (χ3n) is 8.40. The number of rotatable bonds is 8. The van der Waals surface area contributed by atoms with E-state index in [9.17, 15) is 9.90 Å². The monoisotopic (exact) mass is 574 g/mol. The third-order valence-corrected chi connectivity index (χ3v) is 9.94. The minimum Gasteiger partial charge on any atom is -0.507 e. The second-order valence-electron chi connectivity index (χ2n) is 12.5. The molecule has 2 aliphatic heterocycles. The van der Waals surface area contributed by atoms with Crippen molar-refractivity contribution in [3.63, 3.8) is 0 Å². The highest BCUT2D eigenvalue weighted by atomic mass is 32.2. The molecule has 1 spiro atoms. The predicted molar refractivity (Wildman–Crippen MR) is 164 cm³/mol. The van der Waals surface area contributed by atoms with E-state index in [0.717, 1.165) is 29.5 Å². The SMILES string of the molecule is Cc1cc(CCC(=O)OCC(C)(C)C2OCC3(CO2)CC(c2ccccc2)SC(c2ccccc2)C3)cc(C)c1O. The zero-order chi connectivity index (χ0) is 29.0. The fraction of sp³-hybridized carbons (Fsp3) is 0.457. The quantitative estimate of drug-likeness (QED) is 0.276. The number of thioether (sulfide) groups is 1. The molecule has 5 nitrogen and oxygen atoms in total. The first-order valence-electron chi connectivity index (χ1n) is 14.6. The molecule has 5 rings (SSSR count). The first-order chi connectivity index (χ1) is 19.6. The van der Waals surface area contributed by atoms with Crippen LogP contribution in [-0.2, 0) is 25.4 Å². The Labute approximate surface area is 248 Å². The minimum atomic E-state index is -0.482. The van der Waals surface area contributed by atoms with Crippen LogP contribution in [0.5, 0.6) is 5.75 Å². The van der Waals surface area contributed by atoms with E-state index >= 15 is 0 Å². The largest absolute Gasteiger partial charge is 0.507 e. The summed E-state index contributed by atoms with van der Waals surface area (Å²) in [5.74, 6) is 0.0694. The van der Waals surface area contributed by atoms with Crippen LogP contribution in [0.1, 0.15) is 71.4 Å². The van der Waals surface area contributed by atoms with Crippen molar-refractivity contribution in [2.75, 3.05) is 19.8 Å². The molecule has 0 amide bonds. The maximum absolute atomic E-state index is 12.6. The summed E-state index contributed by atoms with van der Waals surface area (Å²) in [5.41, 5.74) is 4.81. The van der Waals surface area contributed by atoms with Gasteiger partial charge in [-0.25, -0.2) is 0 Å². The van der Waals surface area contributed by atoms with Crippen molar-refractivity contribution in [2.24, 2.45) is 10.8 Å². The Morgan fingerprint density at radius 3 is 1.95 bits per heavy atom. The number of aryl methyl sites for hydroxylation is 3. The lowest BCUT2D eigenvalue weighted by Gasteiger charge is -2.49. The van der Waals surface area contributed by atoms with E-state index in [-0.39, 0.29) is 24.4 Å². The van der Waals surface area contributed by atoms with Gasteiger partial charge in [0.2, 0.25) is 0 Å². The molecule has 2 heterocycles. The van der Waals surface area contributed by atoms with Gasteiger partial charge in [-0.3, -0.25) is 4.79 Å². The number of ether oxygens (including phenoxy) is 3. The van der Waals surface area contributed by atoms with Crippen LogP contribution in [0.2, 0.25) is 0 Å². The molecule has 41 heavy (non-hydrogen) atoms. The number of hydrogen-bond donors (Lipinski definition) is 1. The summed E-state index contributed by atoms with van der Waals surface area (Å²) in [6, 6.07) is 25.4. The maximum atomic E-state index is 12.6. The summed E-state index contributed by atoms with van der Waals surface area (Å²) in [6.45, 7) is 9.29. The van der Waals surface area contributed by atoms with Crippen molar-refractivity contribution in [2.45, 2.75) is 70.2 Å². The minimum absolute atomic E-state index is 0.0735. The van der Waals surface area contributed by atoms with Crippen LogP contribution in [0, 0.1) is 24.7 Å². The molecular weight excluding hydrogens is 532 g/mol. The Morgan fingerprint density at radius 1 is 0.927 bits per heavy atom. The highest BCUT2D eigenvalue weighted by Crippen LogP contribution is 2.58. The molecule has 2 fully saturated rings. The normalized spacial score (nSPS) is 24.7. The van der Waals surface area contributed by atoms with Gasteiger partial charge in [-0.1, -0.05) is 86.6 Å². The fourth-order valence-corrected chi connectivity index (χ4v) is 7.94. The molecule has 3 aromatic carbocycles. The van der Waals surface area contributed by atoms with Crippen molar-refractivity contribution < 1.29 is 24.1 Å². The lowest BCUT2D eigenvalue weighted by Crippen LogP contribution is -2.50.